The molecular formula is C17H18N2O8S2. The van der Waals surface area contributed by atoms with E-state index in [0.717, 1.165) is 38.7 Å². The zero-order chi connectivity index (χ0) is 21.8. The van der Waals surface area contributed by atoms with E-state index >= 15 is 0 Å². The lowest BCUT2D eigenvalue weighted by Gasteiger charge is -2.14. The molecule has 0 saturated heterocycles. The van der Waals surface area contributed by atoms with Gasteiger partial charge in [0.15, 0.2) is 0 Å². The first-order valence-corrected chi connectivity index (χ1v) is 11.3. The highest BCUT2D eigenvalue weighted by atomic mass is 32.2. The number of para-hydroxylation sites is 2. The van der Waals surface area contributed by atoms with Gasteiger partial charge in [-0.05, 0) is 30.3 Å². The summed E-state index contributed by atoms with van der Waals surface area (Å²) < 4.78 is 62.3. The van der Waals surface area contributed by atoms with Crippen molar-refractivity contribution in [2.45, 2.75) is 4.90 Å². The average Bonchev–Trinajstić information content (AvgIpc) is 2.66. The lowest BCUT2D eigenvalue weighted by molar-refractivity contribution is 0.0598. The topological polar surface area (TPSA) is 145 Å². The Bertz CT molecular complexity index is 1120. The molecule has 2 N–H and O–H groups in total. The molecule has 12 heteroatoms. The number of rotatable bonds is 7. The number of nitrogens with one attached hydrogen (secondary N) is 2. The van der Waals surface area contributed by atoms with Crippen LogP contribution in [-0.2, 0) is 29.5 Å². The van der Waals surface area contributed by atoms with Crippen LogP contribution >= 0.6 is 0 Å². The summed E-state index contributed by atoms with van der Waals surface area (Å²) in [4.78, 5) is 23.3. The van der Waals surface area contributed by atoms with Crippen molar-refractivity contribution in [3.05, 3.63) is 53.6 Å². The summed E-state index contributed by atoms with van der Waals surface area (Å²) in [5, 5.41) is 0. The van der Waals surface area contributed by atoms with Gasteiger partial charge in [0.2, 0.25) is 10.0 Å². The molecule has 10 nitrogen and oxygen atoms in total. The average molecular weight is 442 g/mol. The molecule has 0 atom stereocenters. The van der Waals surface area contributed by atoms with Gasteiger partial charge in [-0.15, -0.1) is 0 Å². The minimum Gasteiger partial charge on any atom is -0.465 e. The SMILES string of the molecule is COC(=O)c1cc(C(=O)OC)cc(S(=O)(=O)Nc2ccccc2NS(C)(=O)=O)c1. The van der Waals surface area contributed by atoms with Crippen molar-refractivity contribution >= 4 is 43.4 Å². The molecule has 0 heterocycles. The van der Waals surface area contributed by atoms with Crippen LogP contribution in [0.4, 0.5) is 11.4 Å². The van der Waals surface area contributed by atoms with Gasteiger partial charge in [0.1, 0.15) is 0 Å². The lowest BCUT2D eigenvalue weighted by atomic mass is 10.1. The van der Waals surface area contributed by atoms with Crippen molar-refractivity contribution in [1.82, 2.24) is 0 Å². The van der Waals surface area contributed by atoms with Gasteiger partial charge in [0.05, 0.1) is 47.9 Å². The molecule has 0 aromatic heterocycles. The molecule has 2 rings (SSSR count). The van der Waals surface area contributed by atoms with Crippen LogP contribution in [-0.4, -0.2) is 49.2 Å². The van der Waals surface area contributed by atoms with Gasteiger partial charge in [0, 0.05) is 0 Å². The van der Waals surface area contributed by atoms with Crippen LogP contribution in [0.2, 0.25) is 0 Å². The van der Waals surface area contributed by atoms with E-state index in [1.807, 2.05) is 0 Å². The first-order valence-electron chi connectivity index (χ1n) is 7.88. The van der Waals surface area contributed by atoms with Crippen molar-refractivity contribution < 1.29 is 35.9 Å². The predicted molar refractivity (Wildman–Crippen MR) is 105 cm³/mol. The number of carbonyl (C=O) groups is 2. The standard InChI is InChI=1S/C17H18N2O8S2/c1-26-16(20)11-8-12(17(21)27-2)10-13(9-11)29(24,25)19-15-7-5-4-6-14(15)18-28(3,22)23/h4-10,18-19H,1-3H3. The van der Waals surface area contributed by atoms with Crippen LogP contribution < -0.4 is 9.44 Å². The van der Waals surface area contributed by atoms with E-state index in [1.165, 1.54) is 24.3 Å². The number of ether oxygens (including phenoxy) is 2. The Morgan fingerprint density at radius 3 is 1.66 bits per heavy atom. The largest absolute Gasteiger partial charge is 0.465 e. The van der Waals surface area contributed by atoms with Gasteiger partial charge in [-0.1, -0.05) is 12.1 Å². The molecule has 0 aliphatic carbocycles. The number of hydrogen-bond acceptors (Lipinski definition) is 8. The molecule has 2 aromatic rings. The van der Waals surface area contributed by atoms with Crippen molar-refractivity contribution in [2.24, 2.45) is 0 Å². The van der Waals surface area contributed by atoms with E-state index in [-0.39, 0.29) is 22.5 Å². The summed E-state index contributed by atoms with van der Waals surface area (Å²) >= 11 is 0. The third-order valence-electron chi connectivity index (χ3n) is 3.53. The number of benzene rings is 2. The van der Waals surface area contributed by atoms with E-state index in [1.54, 1.807) is 0 Å². The third kappa shape index (κ3) is 5.68. The van der Waals surface area contributed by atoms with Crippen molar-refractivity contribution in [2.75, 3.05) is 29.9 Å². The summed E-state index contributed by atoms with van der Waals surface area (Å²) in [6.07, 6.45) is 0.917. The highest BCUT2D eigenvalue weighted by Crippen LogP contribution is 2.26. The van der Waals surface area contributed by atoms with E-state index in [0.29, 0.717) is 0 Å². The summed E-state index contributed by atoms with van der Waals surface area (Å²) in [6, 6.07) is 8.89. The Morgan fingerprint density at radius 1 is 0.793 bits per heavy atom. The maximum Gasteiger partial charge on any atom is 0.337 e. The summed E-state index contributed by atoms with van der Waals surface area (Å²) in [6.45, 7) is 0. The number of anilines is 2. The molecule has 0 radical (unpaired) electrons. The van der Waals surface area contributed by atoms with Crippen LogP contribution in [0.15, 0.2) is 47.4 Å². The molecule has 29 heavy (non-hydrogen) atoms. The number of methoxy groups -OCH3 is 2. The van der Waals surface area contributed by atoms with Crippen molar-refractivity contribution in [3.8, 4) is 0 Å². The molecule has 0 aliphatic heterocycles. The lowest BCUT2D eigenvalue weighted by Crippen LogP contribution is -2.18. The quantitative estimate of drug-likeness (QED) is 0.613. The minimum absolute atomic E-state index is 0.00381. The summed E-state index contributed by atoms with van der Waals surface area (Å²) in [5.41, 5.74) is -0.423. The fourth-order valence-electron chi connectivity index (χ4n) is 2.29. The van der Waals surface area contributed by atoms with Crippen LogP contribution in [0.5, 0.6) is 0 Å². The minimum atomic E-state index is -4.32. The maximum atomic E-state index is 12.9. The second-order valence-corrected chi connectivity index (χ2v) is 9.19. The molecule has 2 aromatic carbocycles. The highest BCUT2D eigenvalue weighted by Gasteiger charge is 2.22. The van der Waals surface area contributed by atoms with Gasteiger partial charge in [-0.3, -0.25) is 9.44 Å². The monoisotopic (exact) mass is 442 g/mol. The van der Waals surface area contributed by atoms with E-state index in [9.17, 15) is 26.4 Å². The van der Waals surface area contributed by atoms with Gasteiger partial charge in [-0.25, -0.2) is 26.4 Å². The van der Waals surface area contributed by atoms with Gasteiger partial charge < -0.3 is 9.47 Å². The smallest absolute Gasteiger partial charge is 0.337 e. The molecule has 0 saturated carbocycles. The molecule has 0 bridgehead atoms. The summed E-state index contributed by atoms with van der Waals surface area (Å²) in [5.74, 6) is -1.71. The fraction of sp³-hybridized carbons (Fsp3) is 0.176. The molecule has 0 spiro atoms. The first kappa shape index (κ1) is 22.2. The molecule has 0 unspecified atom stereocenters. The second kappa shape index (κ2) is 8.49. The Morgan fingerprint density at radius 2 is 1.24 bits per heavy atom. The highest BCUT2D eigenvalue weighted by molar-refractivity contribution is 7.93. The van der Waals surface area contributed by atoms with Gasteiger partial charge in [-0.2, -0.15) is 0 Å². The zero-order valence-electron chi connectivity index (χ0n) is 15.6. The van der Waals surface area contributed by atoms with Gasteiger partial charge >= 0.3 is 11.9 Å². The van der Waals surface area contributed by atoms with Crippen LogP contribution in [0.1, 0.15) is 20.7 Å². The first-order chi connectivity index (χ1) is 13.5. The molecular weight excluding hydrogens is 424 g/mol. The van der Waals surface area contributed by atoms with Crippen molar-refractivity contribution in [3.63, 3.8) is 0 Å². The van der Waals surface area contributed by atoms with Gasteiger partial charge in [0.25, 0.3) is 10.0 Å². The normalized spacial score (nSPS) is 11.4. The Kier molecular flexibility index (Phi) is 6.49. The molecule has 0 amide bonds. The summed E-state index contributed by atoms with van der Waals surface area (Å²) in [7, 11) is -5.78. The Labute approximate surface area is 167 Å². The van der Waals surface area contributed by atoms with Crippen LogP contribution in [0.3, 0.4) is 0 Å². The number of sulfonamides is 2. The molecule has 156 valence electrons. The van der Waals surface area contributed by atoms with Crippen LogP contribution in [0, 0.1) is 0 Å². The molecule has 0 aliphatic rings. The Hall–Kier alpha value is -3.12. The number of carbonyl (C=O) groups excluding carboxylic acids is 2. The van der Waals surface area contributed by atoms with E-state index in [4.69, 9.17) is 0 Å². The van der Waals surface area contributed by atoms with E-state index in [2.05, 4.69) is 18.9 Å². The third-order valence-corrected chi connectivity index (χ3v) is 5.46. The fourth-order valence-corrected chi connectivity index (χ4v) is 4.02. The predicted octanol–water partition coefficient (Wildman–Crippen LogP) is 1.43. The Balaban J connectivity index is 2.54. The van der Waals surface area contributed by atoms with E-state index < -0.39 is 36.9 Å². The zero-order valence-corrected chi connectivity index (χ0v) is 17.3. The second-order valence-electron chi connectivity index (χ2n) is 5.75. The van der Waals surface area contributed by atoms with Crippen molar-refractivity contribution in [1.29, 1.82) is 0 Å². The number of esters is 2. The maximum absolute atomic E-state index is 12.9. The number of hydrogen-bond donors (Lipinski definition) is 2. The molecule has 0 fully saturated rings. The van der Waals surface area contributed by atoms with Crippen LogP contribution in [0.25, 0.3) is 0 Å².